The number of aromatic nitrogens is 3. The fourth-order valence-electron chi connectivity index (χ4n) is 2.40. The van der Waals surface area contributed by atoms with Gasteiger partial charge in [0.1, 0.15) is 5.82 Å². The van der Waals surface area contributed by atoms with Crippen LogP contribution < -0.4 is 5.32 Å². The molecule has 2 heterocycles. The van der Waals surface area contributed by atoms with Crippen molar-refractivity contribution in [2.75, 3.05) is 6.54 Å². The van der Waals surface area contributed by atoms with Crippen molar-refractivity contribution in [3.8, 4) is 0 Å². The zero-order valence-electron chi connectivity index (χ0n) is 11.9. The first-order chi connectivity index (χ1) is 10.3. The maximum Gasteiger partial charge on any atom is 0.109 e. The Morgan fingerprint density at radius 3 is 2.90 bits per heavy atom. The fourth-order valence-corrected chi connectivity index (χ4v) is 2.85. The Hall–Kier alpha value is -1.72. The lowest BCUT2D eigenvalue weighted by molar-refractivity contribution is 0.656. The van der Waals surface area contributed by atoms with E-state index in [0.29, 0.717) is 0 Å². The van der Waals surface area contributed by atoms with Crippen molar-refractivity contribution in [1.29, 1.82) is 0 Å². The SMILES string of the molecule is Cn1ccnc1CCNCc1ccc(Br)c2cccnc12. The fraction of sp³-hybridized carbons (Fsp3) is 0.250. The van der Waals surface area contributed by atoms with Crippen molar-refractivity contribution in [3.63, 3.8) is 0 Å². The largest absolute Gasteiger partial charge is 0.338 e. The van der Waals surface area contributed by atoms with Crippen LogP contribution in [0, 0.1) is 0 Å². The van der Waals surface area contributed by atoms with Crippen LogP contribution in [0.5, 0.6) is 0 Å². The molecule has 108 valence electrons. The van der Waals surface area contributed by atoms with Crippen molar-refractivity contribution in [2.45, 2.75) is 13.0 Å². The van der Waals surface area contributed by atoms with Gasteiger partial charge >= 0.3 is 0 Å². The number of rotatable bonds is 5. The van der Waals surface area contributed by atoms with E-state index in [9.17, 15) is 0 Å². The van der Waals surface area contributed by atoms with E-state index in [-0.39, 0.29) is 0 Å². The van der Waals surface area contributed by atoms with Gasteiger partial charge in [0, 0.05) is 55.0 Å². The molecule has 0 saturated carbocycles. The average molecular weight is 345 g/mol. The number of hydrogen-bond acceptors (Lipinski definition) is 3. The molecule has 0 saturated heterocycles. The molecule has 21 heavy (non-hydrogen) atoms. The van der Waals surface area contributed by atoms with Gasteiger partial charge < -0.3 is 9.88 Å². The Balaban J connectivity index is 1.66. The number of imidazole rings is 1. The lowest BCUT2D eigenvalue weighted by atomic mass is 10.1. The number of halogens is 1. The van der Waals surface area contributed by atoms with Crippen molar-refractivity contribution >= 4 is 26.8 Å². The predicted octanol–water partition coefficient (Wildman–Crippen LogP) is 3.06. The summed E-state index contributed by atoms with van der Waals surface area (Å²) < 4.78 is 3.14. The summed E-state index contributed by atoms with van der Waals surface area (Å²) in [6.45, 7) is 1.71. The number of pyridine rings is 1. The highest BCUT2D eigenvalue weighted by Gasteiger charge is 2.05. The van der Waals surface area contributed by atoms with Crippen molar-refractivity contribution in [2.24, 2.45) is 7.05 Å². The molecule has 0 atom stereocenters. The average Bonchev–Trinajstić information content (AvgIpc) is 2.91. The van der Waals surface area contributed by atoms with E-state index in [4.69, 9.17) is 0 Å². The summed E-state index contributed by atoms with van der Waals surface area (Å²) in [6, 6.07) is 8.25. The summed E-state index contributed by atoms with van der Waals surface area (Å²) in [4.78, 5) is 8.82. The molecular formula is C16H17BrN4. The number of aryl methyl sites for hydroxylation is 1. The van der Waals surface area contributed by atoms with E-state index in [1.165, 1.54) is 5.56 Å². The van der Waals surface area contributed by atoms with Gasteiger partial charge in [0.05, 0.1) is 5.52 Å². The summed E-state index contributed by atoms with van der Waals surface area (Å²) in [5.74, 6) is 1.10. The molecule has 0 aliphatic carbocycles. The van der Waals surface area contributed by atoms with Gasteiger partial charge in [0.25, 0.3) is 0 Å². The molecule has 1 N–H and O–H groups in total. The molecule has 0 amide bonds. The van der Waals surface area contributed by atoms with Gasteiger partial charge in [-0.05, 0) is 17.7 Å². The minimum atomic E-state index is 0.811. The van der Waals surface area contributed by atoms with Gasteiger partial charge in [-0.2, -0.15) is 0 Å². The monoisotopic (exact) mass is 344 g/mol. The van der Waals surface area contributed by atoms with Gasteiger partial charge in [-0.3, -0.25) is 4.98 Å². The van der Waals surface area contributed by atoms with Crippen LogP contribution in [0.15, 0.2) is 47.3 Å². The molecule has 1 aromatic carbocycles. The highest BCUT2D eigenvalue weighted by atomic mass is 79.9. The maximum atomic E-state index is 4.50. The van der Waals surface area contributed by atoms with Crippen LogP contribution in [0.1, 0.15) is 11.4 Å². The van der Waals surface area contributed by atoms with E-state index < -0.39 is 0 Å². The quantitative estimate of drug-likeness (QED) is 0.723. The van der Waals surface area contributed by atoms with Gasteiger partial charge in [0.15, 0.2) is 0 Å². The van der Waals surface area contributed by atoms with Gasteiger partial charge in [-0.1, -0.05) is 28.1 Å². The number of fused-ring (bicyclic) bond motifs is 1. The maximum absolute atomic E-state index is 4.50. The lowest BCUT2D eigenvalue weighted by Crippen LogP contribution is -2.18. The van der Waals surface area contributed by atoms with Crippen LogP contribution in [0.3, 0.4) is 0 Å². The van der Waals surface area contributed by atoms with Crippen LogP contribution in [0.4, 0.5) is 0 Å². The highest BCUT2D eigenvalue weighted by Crippen LogP contribution is 2.25. The molecule has 5 heteroatoms. The summed E-state index contributed by atoms with van der Waals surface area (Å²) in [5.41, 5.74) is 2.27. The van der Waals surface area contributed by atoms with E-state index in [0.717, 1.165) is 40.7 Å². The Bertz CT molecular complexity index is 751. The molecule has 4 nitrogen and oxygen atoms in total. The van der Waals surface area contributed by atoms with Crippen LogP contribution in [0.2, 0.25) is 0 Å². The number of nitrogens with zero attached hydrogens (tertiary/aromatic N) is 3. The summed E-state index contributed by atoms with van der Waals surface area (Å²) >= 11 is 3.58. The molecule has 0 fully saturated rings. The molecule has 2 aromatic heterocycles. The third-order valence-electron chi connectivity index (χ3n) is 3.56. The predicted molar refractivity (Wildman–Crippen MR) is 88.1 cm³/mol. The first-order valence-corrected chi connectivity index (χ1v) is 7.74. The number of benzene rings is 1. The second-order valence-corrected chi connectivity index (χ2v) is 5.84. The molecule has 0 radical (unpaired) electrons. The Kier molecular flexibility index (Phi) is 4.31. The van der Waals surface area contributed by atoms with Gasteiger partial charge in [-0.15, -0.1) is 0 Å². The van der Waals surface area contributed by atoms with E-state index in [1.54, 1.807) is 0 Å². The first-order valence-electron chi connectivity index (χ1n) is 6.95. The third kappa shape index (κ3) is 3.14. The number of nitrogens with one attached hydrogen (secondary N) is 1. The molecule has 3 aromatic rings. The third-order valence-corrected chi connectivity index (χ3v) is 4.25. The highest BCUT2D eigenvalue weighted by molar-refractivity contribution is 9.10. The topological polar surface area (TPSA) is 42.7 Å². The lowest BCUT2D eigenvalue weighted by Gasteiger charge is -2.09. The van der Waals surface area contributed by atoms with Crippen LogP contribution in [0.25, 0.3) is 10.9 Å². The standard InChI is InChI=1S/C16H17BrN4/c1-21-10-9-19-15(21)6-8-18-11-12-4-5-14(17)13-3-2-7-20-16(12)13/h2-5,7,9-10,18H,6,8,11H2,1H3. The van der Waals surface area contributed by atoms with Crippen LogP contribution >= 0.6 is 15.9 Å². The van der Waals surface area contributed by atoms with Crippen molar-refractivity contribution in [1.82, 2.24) is 19.9 Å². The minimum Gasteiger partial charge on any atom is -0.338 e. The molecular weight excluding hydrogens is 328 g/mol. The Morgan fingerprint density at radius 2 is 2.10 bits per heavy atom. The normalized spacial score (nSPS) is 11.1. The zero-order chi connectivity index (χ0) is 14.7. The molecule has 0 aliphatic heterocycles. The Labute approximate surface area is 132 Å². The van der Waals surface area contributed by atoms with Crippen LogP contribution in [-0.4, -0.2) is 21.1 Å². The molecule has 3 rings (SSSR count). The van der Waals surface area contributed by atoms with Crippen molar-refractivity contribution in [3.05, 3.63) is 58.7 Å². The van der Waals surface area contributed by atoms with E-state index >= 15 is 0 Å². The Morgan fingerprint density at radius 1 is 1.19 bits per heavy atom. The molecule has 0 spiro atoms. The second kappa shape index (κ2) is 6.37. The van der Waals surface area contributed by atoms with Crippen LogP contribution in [-0.2, 0) is 20.0 Å². The summed E-state index contributed by atoms with van der Waals surface area (Å²) in [6.07, 6.45) is 6.57. The molecule has 0 aliphatic rings. The first kappa shape index (κ1) is 14.2. The van der Waals surface area contributed by atoms with E-state index in [2.05, 4.69) is 54.0 Å². The molecule has 0 unspecified atom stereocenters. The minimum absolute atomic E-state index is 0.811. The van der Waals surface area contributed by atoms with Crippen molar-refractivity contribution < 1.29 is 0 Å². The zero-order valence-corrected chi connectivity index (χ0v) is 13.5. The summed E-state index contributed by atoms with van der Waals surface area (Å²) in [5, 5.41) is 4.62. The van der Waals surface area contributed by atoms with Gasteiger partial charge in [0.2, 0.25) is 0 Å². The smallest absolute Gasteiger partial charge is 0.109 e. The van der Waals surface area contributed by atoms with Gasteiger partial charge in [-0.25, -0.2) is 4.98 Å². The summed E-state index contributed by atoms with van der Waals surface area (Å²) in [7, 11) is 2.02. The molecule has 0 bridgehead atoms. The second-order valence-electron chi connectivity index (χ2n) is 4.99. The van der Waals surface area contributed by atoms with E-state index in [1.807, 2.05) is 31.7 Å². The number of hydrogen-bond donors (Lipinski definition) is 1.